The Morgan fingerprint density at radius 1 is 1.08 bits per heavy atom. The Bertz CT molecular complexity index is 781. The van der Waals surface area contributed by atoms with Crippen molar-refractivity contribution in [1.82, 2.24) is 0 Å². The fraction of sp³-hybridized carbons (Fsp3) is 0.381. The van der Waals surface area contributed by atoms with E-state index in [0.29, 0.717) is 35.3 Å². The zero-order chi connectivity index (χ0) is 17.9. The molecule has 1 heterocycles. The molecule has 1 aliphatic heterocycles. The third-order valence-electron chi connectivity index (χ3n) is 5.12. The number of hydrogen-bond acceptors (Lipinski definition) is 4. The lowest BCUT2D eigenvalue weighted by Gasteiger charge is -2.25. The molecule has 0 spiro atoms. The summed E-state index contributed by atoms with van der Waals surface area (Å²) in [5.41, 5.74) is 2.62. The molecular formula is C21H23NO4. The van der Waals surface area contributed by atoms with Crippen LogP contribution < -0.4 is 14.8 Å². The van der Waals surface area contributed by atoms with Crippen molar-refractivity contribution in [2.24, 2.45) is 0 Å². The molecule has 26 heavy (non-hydrogen) atoms. The molecule has 0 saturated heterocycles. The number of ether oxygens (including phenoxy) is 2. The van der Waals surface area contributed by atoms with Crippen LogP contribution in [0.4, 0.5) is 5.69 Å². The summed E-state index contributed by atoms with van der Waals surface area (Å²) >= 11 is 0. The molecule has 1 saturated carbocycles. The van der Waals surface area contributed by atoms with Gasteiger partial charge in [0.05, 0.1) is 6.61 Å². The van der Waals surface area contributed by atoms with Crippen molar-refractivity contribution in [1.29, 1.82) is 0 Å². The van der Waals surface area contributed by atoms with Gasteiger partial charge in [-0.15, -0.1) is 0 Å². The zero-order valence-corrected chi connectivity index (χ0v) is 14.6. The van der Waals surface area contributed by atoms with Crippen molar-refractivity contribution in [3.63, 3.8) is 0 Å². The van der Waals surface area contributed by atoms with Gasteiger partial charge < -0.3 is 19.9 Å². The van der Waals surface area contributed by atoms with Crippen molar-refractivity contribution in [2.75, 3.05) is 18.5 Å². The Morgan fingerprint density at radius 3 is 2.58 bits per heavy atom. The van der Waals surface area contributed by atoms with E-state index in [1.165, 1.54) is 31.2 Å². The fourth-order valence-corrected chi connectivity index (χ4v) is 3.65. The average molecular weight is 353 g/mol. The van der Waals surface area contributed by atoms with Crippen molar-refractivity contribution >= 4 is 11.6 Å². The minimum atomic E-state index is -0.346. The number of benzene rings is 2. The molecule has 2 aromatic rings. The van der Waals surface area contributed by atoms with Gasteiger partial charge in [-0.25, -0.2) is 0 Å². The van der Waals surface area contributed by atoms with Gasteiger partial charge in [0.15, 0.2) is 17.6 Å². The van der Waals surface area contributed by atoms with E-state index in [1.54, 1.807) is 18.2 Å². The fourth-order valence-electron chi connectivity index (χ4n) is 3.65. The van der Waals surface area contributed by atoms with E-state index in [1.807, 2.05) is 12.1 Å². The first-order valence-electron chi connectivity index (χ1n) is 9.18. The molecule has 1 unspecified atom stereocenters. The van der Waals surface area contributed by atoms with Gasteiger partial charge in [0, 0.05) is 17.3 Å². The number of aliphatic hydroxyl groups excluding tert-OH is 1. The number of hydrogen-bond donors (Lipinski definition) is 2. The number of carbonyl (C=O) groups excluding carboxylic acids is 1. The quantitative estimate of drug-likeness (QED) is 0.879. The highest BCUT2D eigenvalue weighted by Gasteiger charge is 2.21. The number of fused-ring (bicyclic) bond motifs is 1. The summed E-state index contributed by atoms with van der Waals surface area (Å²) < 4.78 is 11.2. The zero-order valence-electron chi connectivity index (χ0n) is 14.6. The summed E-state index contributed by atoms with van der Waals surface area (Å²) in [7, 11) is 0. The Balaban J connectivity index is 1.43. The first-order valence-corrected chi connectivity index (χ1v) is 9.18. The molecule has 5 heteroatoms. The number of carbonyl (C=O) groups is 1. The number of aliphatic hydroxyl groups is 1. The first kappa shape index (κ1) is 16.9. The van der Waals surface area contributed by atoms with Crippen LogP contribution in [-0.2, 0) is 0 Å². The third-order valence-corrected chi connectivity index (χ3v) is 5.12. The minimum absolute atomic E-state index is 0.0885. The maximum atomic E-state index is 12.5. The van der Waals surface area contributed by atoms with E-state index in [9.17, 15) is 4.79 Å². The minimum Gasteiger partial charge on any atom is -0.486 e. The van der Waals surface area contributed by atoms with Gasteiger partial charge in [0.1, 0.15) is 6.61 Å². The summed E-state index contributed by atoms with van der Waals surface area (Å²) in [5.74, 6) is 1.65. The Morgan fingerprint density at radius 2 is 1.85 bits per heavy atom. The predicted molar refractivity (Wildman–Crippen MR) is 99.0 cm³/mol. The summed E-state index contributed by atoms with van der Waals surface area (Å²) in [6.07, 6.45) is 4.76. The molecule has 136 valence electrons. The van der Waals surface area contributed by atoms with Crippen LogP contribution in [0.15, 0.2) is 42.5 Å². The predicted octanol–water partition coefficient (Wildman–Crippen LogP) is 3.73. The second kappa shape index (κ2) is 7.38. The lowest BCUT2D eigenvalue weighted by Crippen LogP contribution is -2.32. The monoisotopic (exact) mass is 353 g/mol. The van der Waals surface area contributed by atoms with Crippen LogP contribution in [0, 0.1) is 0 Å². The number of nitrogens with one attached hydrogen (secondary N) is 1. The molecule has 0 radical (unpaired) electrons. The van der Waals surface area contributed by atoms with Crippen LogP contribution in [0.1, 0.15) is 47.5 Å². The smallest absolute Gasteiger partial charge is 0.255 e. The standard InChI is InChI=1S/C21H23NO4/c23-12-18-13-25-20-11-17(9-10-19(20)26-18)22-21(24)16-7-5-15(6-8-16)14-3-1-2-4-14/h5-11,14,18,23H,1-4,12-13H2,(H,22,24). The second-order valence-corrected chi connectivity index (χ2v) is 6.95. The van der Waals surface area contributed by atoms with Gasteiger partial charge in [-0.05, 0) is 48.6 Å². The highest BCUT2D eigenvalue weighted by Crippen LogP contribution is 2.35. The Hall–Kier alpha value is -2.53. The van der Waals surface area contributed by atoms with E-state index in [4.69, 9.17) is 14.6 Å². The van der Waals surface area contributed by atoms with E-state index in [2.05, 4.69) is 17.4 Å². The Labute approximate surface area is 152 Å². The normalized spacial score (nSPS) is 19.3. The largest absolute Gasteiger partial charge is 0.486 e. The van der Waals surface area contributed by atoms with E-state index in [-0.39, 0.29) is 18.6 Å². The first-order chi connectivity index (χ1) is 12.7. The molecule has 1 amide bonds. The van der Waals surface area contributed by atoms with Crippen molar-refractivity contribution in [3.8, 4) is 11.5 Å². The van der Waals surface area contributed by atoms with Crippen molar-refractivity contribution < 1.29 is 19.4 Å². The number of rotatable bonds is 4. The summed E-state index contributed by atoms with van der Waals surface area (Å²) in [6, 6.07) is 13.2. The molecule has 2 N–H and O–H groups in total. The van der Waals surface area contributed by atoms with Crippen molar-refractivity contribution in [3.05, 3.63) is 53.6 Å². The lowest BCUT2D eigenvalue weighted by atomic mass is 9.96. The highest BCUT2D eigenvalue weighted by molar-refractivity contribution is 6.04. The van der Waals surface area contributed by atoms with Crippen LogP contribution in [-0.4, -0.2) is 30.3 Å². The van der Waals surface area contributed by atoms with E-state index < -0.39 is 0 Å². The molecule has 5 nitrogen and oxygen atoms in total. The number of amides is 1. The van der Waals surface area contributed by atoms with E-state index in [0.717, 1.165) is 0 Å². The van der Waals surface area contributed by atoms with Gasteiger partial charge in [-0.2, -0.15) is 0 Å². The molecule has 1 fully saturated rings. The molecule has 0 bridgehead atoms. The molecular weight excluding hydrogens is 330 g/mol. The van der Waals surface area contributed by atoms with Crippen molar-refractivity contribution in [2.45, 2.75) is 37.7 Å². The second-order valence-electron chi connectivity index (χ2n) is 6.95. The average Bonchev–Trinajstić information content (AvgIpc) is 3.22. The molecule has 1 aliphatic carbocycles. The molecule has 4 rings (SSSR count). The lowest BCUT2D eigenvalue weighted by molar-refractivity contribution is 0.0457. The van der Waals surface area contributed by atoms with Gasteiger partial charge in [-0.1, -0.05) is 25.0 Å². The van der Waals surface area contributed by atoms with Crippen LogP contribution in [0.2, 0.25) is 0 Å². The van der Waals surface area contributed by atoms with Crippen LogP contribution in [0.3, 0.4) is 0 Å². The van der Waals surface area contributed by atoms with E-state index >= 15 is 0 Å². The van der Waals surface area contributed by atoms with Gasteiger partial charge in [-0.3, -0.25) is 4.79 Å². The maximum Gasteiger partial charge on any atom is 0.255 e. The van der Waals surface area contributed by atoms with Crippen LogP contribution in [0.5, 0.6) is 11.5 Å². The van der Waals surface area contributed by atoms with Crippen LogP contribution in [0.25, 0.3) is 0 Å². The molecule has 2 aromatic carbocycles. The molecule has 2 aliphatic rings. The van der Waals surface area contributed by atoms with Gasteiger partial charge >= 0.3 is 0 Å². The van der Waals surface area contributed by atoms with Gasteiger partial charge in [0.25, 0.3) is 5.91 Å². The summed E-state index contributed by atoms with van der Waals surface area (Å²) in [5, 5.41) is 12.0. The highest BCUT2D eigenvalue weighted by atomic mass is 16.6. The van der Waals surface area contributed by atoms with Crippen LogP contribution >= 0.6 is 0 Å². The summed E-state index contributed by atoms with van der Waals surface area (Å²) in [4.78, 5) is 12.5. The number of anilines is 1. The third kappa shape index (κ3) is 3.53. The SMILES string of the molecule is O=C(Nc1ccc2c(c1)OCC(CO)O2)c1ccc(C2CCCC2)cc1. The summed E-state index contributed by atoms with van der Waals surface area (Å²) in [6.45, 7) is 0.207. The maximum absolute atomic E-state index is 12.5. The Kier molecular flexibility index (Phi) is 4.80. The van der Waals surface area contributed by atoms with Gasteiger partial charge in [0.2, 0.25) is 0 Å². The molecule has 1 atom stereocenters. The molecule has 0 aromatic heterocycles. The topological polar surface area (TPSA) is 67.8 Å².